The van der Waals surface area contributed by atoms with E-state index in [0.29, 0.717) is 0 Å². The third kappa shape index (κ3) is 3.53. The quantitative estimate of drug-likeness (QED) is 0.499. The van der Waals surface area contributed by atoms with E-state index >= 15 is 0 Å². The zero-order valence-electron chi connectivity index (χ0n) is 4.53. The second kappa shape index (κ2) is 4.50. The molecule has 8 heavy (non-hydrogen) atoms. The van der Waals surface area contributed by atoms with E-state index < -0.39 is 12.5 Å². The first-order valence-electron chi connectivity index (χ1n) is 2.34. The van der Waals surface area contributed by atoms with Gasteiger partial charge in [0.15, 0.2) is 0 Å². The minimum atomic E-state index is -0.643. The molecule has 0 atom stereocenters. The Morgan fingerprint density at radius 2 is 2.25 bits per heavy atom. The lowest BCUT2D eigenvalue weighted by molar-refractivity contribution is 0.456. The van der Waals surface area contributed by atoms with Gasteiger partial charge in [-0.3, -0.25) is 4.39 Å². The van der Waals surface area contributed by atoms with Gasteiger partial charge in [0.25, 0.3) is 0 Å². The van der Waals surface area contributed by atoms with E-state index in [0.717, 1.165) is 6.08 Å². The highest BCUT2D eigenvalue weighted by atomic mass is 19.1. The van der Waals surface area contributed by atoms with Gasteiger partial charge in [0.05, 0.1) is 6.67 Å². The van der Waals surface area contributed by atoms with Crippen LogP contribution in [0, 0.1) is 0 Å². The number of halogens is 2. The standard InChI is InChI=1S/C6H8F2/c1-2-3-6(8)4-5-7/h2-3H,1,4-5H2/b6-3+. The van der Waals surface area contributed by atoms with Gasteiger partial charge in [0, 0.05) is 6.42 Å². The highest BCUT2D eigenvalue weighted by molar-refractivity contribution is 5.02. The minimum Gasteiger partial charge on any atom is -0.251 e. The van der Waals surface area contributed by atoms with Gasteiger partial charge in [0.2, 0.25) is 0 Å². The van der Waals surface area contributed by atoms with Gasteiger partial charge >= 0.3 is 0 Å². The topological polar surface area (TPSA) is 0 Å². The molecule has 46 valence electrons. The van der Waals surface area contributed by atoms with E-state index in [1.54, 1.807) is 0 Å². The predicted octanol–water partition coefficient (Wildman–Crippen LogP) is 2.39. The van der Waals surface area contributed by atoms with Gasteiger partial charge in [-0.25, -0.2) is 4.39 Å². The molecule has 0 spiro atoms. The van der Waals surface area contributed by atoms with Crippen LogP contribution in [0.5, 0.6) is 0 Å². The maximum atomic E-state index is 12.0. The summed E-state index contributed by atoms with van der Waals surface area (Å²) < 4.78 is 23.2. The Morgan fingerprint density at radius 3 is 2.62 bits per heavy atom. The summed E-state index contributed by atoms with van der Waals surface area (Å²) in [6, 6.07) is 0. The Morgan fingerprint density at radius 1 is 1.62 bits per heavy atom. The molecule has 0 aliphatic rings. The second-order valence-electron chi connectivity index (χ2n) is 1.29. The van der Waals surface area contributed by atoms with Crippen molar-refractivity contribution < 1.29 is 8.78 Å². The van der Waals surface area contributed by atoms with Crippen LogP contribution in [-0.4, -0.2) is 6.67 Å². The Hall–Kier alpha value is -0.660. The summed E-state index contributed by atoms with van der Waals surface area (Å²) in [5.41, 5.74) is 0. The van der Waals surface area contributed by atoms with Crippen molar-refractivity contribution in [3.05, 3.63) is 24.6 Å². The summed E-state index contributed by atoms with van der Waals surface area (Å²) in [6.07, 6.45) is 2.32. The molecule has 0 saturated carbocycles. The normalized spacial score (nSPS) is 11.5. The molecule has 0 N–H and O–H groups in total. The predicted molar refractivity (Wildman–Crippen MR) is 30.0 cm³/mol. The third-order valence-electron chi connectivity index (χ3n) is 0.632. The molecular weight excluding hydrogens is 110 g/mol. The first-order chi connectivity index (χ1) is 3.81. The fraction of sp³-hybridized carbons (Fsp3) is 0.333. The summed E-state index contributed by atoms with van der Waals surface area (Å²) in [5.74, 6) is -0.456. The fourth-order valence-corrected chi connectivity index (χ4v) is 0.301. The van der Waals surface area contributed by atoms with Crippen LogP contribution in [0.1, 0.15) is 6.42 Å². The fourth-order valence-electron chi connectivity index (χ4n) is 0.301. The van der Waals surface area contributed by atoms with Crippen molar-refractivity contribution in [2.75, 3.05) is 6.67 Å². The van der Waals surface area contributed by atoms with Gasteiger partial charge in [0.1, 0.15) is 5.83 Å². The smallest absolute Gasteiger partial charge is 0.102 e. The lowest BCUT2D eigenvalue weighted by atomic mass is 10.4. The molecule has 0 nitrogen and oxygen atoms in total. The van der Waals surface area contributed by atoms with Crippen LogP contribution in [0.25, 0.3) is 0 Å². The van der Waals surface area contributed by atoms with E-state index in [9.17, 15) is 8.78 Å². The largest absolute Gasteiger partial charge is 0.251 e. The number of rotatable bonds is 3. The highest BCUT2D eigenvalue weighted by Gasteiger charge is 1.88. The average Bonchev–Trinajstić information content (AvgIpc) is 1.68. The molecule has 0 aliphatic carbocycles. The first-order valence-corrected chi connectivity index (χ1v) is 2.34. The van der Waals surface area contributed by atoms with Crippen LogP contribution >= 0.6 is 0 Å². The maximum absolute atomic E-state index is 12.0. The number of alkyl halides is 1. The van der Waals surface area contributed by atoms with Gasteiger partial charge in [-0.1, -0.05) is 12.7 Å². The maximum Gasteiger partial charge on any atom is 0.102 e. The molecule has 0 aromatic heterocycles. The average molecular weight is 118 g/mol. The van der Waals surface area contributed by atoms with Crippen LogP contribution in [0.2, 0.25) is 0 Å². The zero-order chi connectivity index (χ0) is 6.41. The molecule has 0 fully saturated rings. The van der Waals surface area contributed by atoms with Crippen LogP contribution in [0.15, 0.2) is 24.6 Å². The lowest BCUT2D eigenvalue weighted by Gasteiger charge is -1.84. The molecule has 0 aromatic carbocycles. The molecule has 0 unspecified atom stereocenters. The summed E-state index contributed by atoms with van der Waals surface area (Å²) in [7, 11) is 0. The first kappa shape index (κ1) is 7.34. The third-order valence-corrected chi connectivity index (χ3v) is 0.632. The Labute approximate surface area is 47.5 Å². The summed E-state index contributed by atoms with van der Waals surface area (Å²) in [6.45, 7) is 2.60. The van der Waals surface area contributed by atoms with Gasteiger partial charge in [-0.15, -0.1) is 0 Å². The van der Waals surface area contributed by atoms with Gasteiger partial charge in [-0.2, -0.15) is 0 Å². The molecule has 2 heteroatoms. The van der Waals surface area contributed by atoms with Crippen molar-refractivity contribution in [2.45, 2.75) is 6.42 Å². The van der Waals surface area contributed by atoms with E-state index in [1.165, 1.54) is 6.08 Å². The number of allylic oxidation sites excluding steroid dienone is 3. The second-order valence-corrected chi connectivity index (χ2v) is 1.29. The highest BCUT2D eigenvalue weighted by Crippen LogP contribution is 2.01. The van der Waals surface area contributed by atoms with Crippen molar-refractivity contribution in [3.8, 4) is 0 Å². The molecule has 0 saturated heterocycles. The van der Waals surface area contributed by atoms with Gasteiger partial charge < -0.3 is 0 Å². The molecule has 0 amide bonds. The molecule has 0 radical (unpaired) electrons. The SMILES string of the molecule is C=C/C=C(/F)CCF. The van der Waals surface area contributed by atoms with Crippen molar-refractivity contribution >= 4 is 0 Å². The summed E-state index contributed by atoms with van der Waals surface area (Å²) >= 11 is 0. The molecule has 0 bridgehead atoms. The van der Waals surface area contributed by atoms with Crippen molar-refractivity contribution in [1.82, 2.24) is 0 Å². The molecule has 0 aromatic rings. The Balaban J connectivity index is 3.44. The van der Waals surface area contributed by atoms with Crippen molar-refractivity contribution in [1.29, 1.82) is 0 Å². The number of hydrogen-bond acceptors (Lipinski definition) is 0. The van der Waals surface area contributed by atoms with Crippen LogP contribution in [-0.2, 0) is 0 Å². The molecule has 0 rings (SSSR count). The van der Waals surface area contributed by atoms with E-state index in [-0.39, 0.29) is 6.42 Å². The molecule has 0 aliphatic heterocycles. The zero-order valence-corrected chi connectivity index (χ0v) is 4.53. The van der Waals surface area contributed by atoms with Crippen molar-refractivity contribution in [2.24, 2.45) is 0 Å². The lowest BCUT2D eigenvalue weighted by Crippen LogP contribution is -1.74. The summed E-state index contributed by atoms with van der Waals surface area (Å²) in [5, 5.41) is 0. The van der Waals surface area contributed by atoms with Crippen LogP contribution < -0.4 is 0 Å². The van der Waals surface area contributed by atoms with E-state index in [2.05, 4.69) is 6.58 Å². The monoisotopic (exact) mass is 118 g/mol. The Bertz CT molecular complexity index is 94.7. The van der Waals surface area contributed by atoms with Crippen LogP contribution in [0.3, 0.4) is 0 Å². The van der Waals surface area contributed by atoms with Crippen LogP contribution in [0.4, 0.5) is 8.78 Å². The van der Waals surface area contributed by atoms with E-state index in [4.69, 9.17) is 0 Å². The number of hydrogen-bond donors (Lipinski definition) is 0. The molecule has 0 heterocycles. The van der Waals surface area contributed by atoms with Crippen molar-refractivity contribution in [3.63, 3.8) is 0 Å². The Kier molecular flexibility index (Phi) is 4.13. The van der Waals surface area contributed by atoms with Gasteiger partial charge in [-0.05, 0) is 6.08 Å². The summed E-state index contributed by atoms with van der Waals surface area (Å²) in [4.78, 5) is 0. The minimum absolute atomic E-state index is 0.133. The molecular formula is C6H8F2. The van der Waals surface area contributed by atoms with E-state index in [1.807, 2.05) is 0 Å².